The second-order valence-corrected chi connectivity index (χ2v) is 11.9. The van der Waals surface area contributed by atoms with Gasteiger partial charge in [0.2, 0.25) is 11.8 Å². The van der Waals surface area contributed by atoms with Gasteiger partial charge in [0.1, 0.15) is 18.2 Å². The van der Waals surface area contributed by atoms with Gasteiger partial charge in [0, 0.05) is 60.7 Å². The lowest BCUT2D eigenvalue weighted by Gasteiger charge is -2.31. The molecule has 2 saturated heterocycles. The molecule has 0 spiro atoms. The van der Waals surface area contributed by atoms with E-state index in [0.29, 0.717) is 42.5 Å². The highest BCUT2D eigenvalue weighted by Gasteiger charge is 2.29. The molecule has 2 fully saturated rings. The highest BCUT2D eigenvalue weighted by Crippen LogP contribution is 2.30. The van der Waals surface area contributed by atoms with Gasteiger partial charge in [-0.1, -0.05) is 23.7 Å². The molecule has 6 rings (SSSR count). The SMILES string of the molecule is CN1CC(Cn2c(CN3CCC(c4cccc(OCc5ccc(Cl)cc5F)n4)CC3)nc3ccc(C(=O)O)cc32)CC1=O. The monoisotopic (exact) mass is 605 g/mol. The minimum absolute atomic E-state index is 0.0676. The van der Waals surface area contributed by atoms with Crippen molar-refractivity contribution < 1.29 is 23.8 Å². The Morgan fingerprint density at radius 2 is 1.93 bits per heavy atom. The number of piperidine rings is 1. The zero-order valence-corrected chi connectivity index (χ0v) is 24.6. The lowest BCUT2D eigenvalue weighted by atomic mass is 9.93. The molecular weight excluding hydrogens is 573 g/mol. The van der Waals surface area contributed by atoms with Crippen LogP contribution < -0.4 is 4.74 Å². The fourth-order valence-corrected chi connectivity index (χ4v) is 6.24. The number of aromatic carboxylic acids is 1. The van der Waals surface area contributed by atoms with E-state index in [4.69, 9.17) is 26.3 Å². The number of amides is 1. The summed E-state index contributed by atoms with van der Waals surface area (Å²) in [6.07, 6.45) is 2.30. The zero-order chi connectivity index (χ0) is 30.1. The van der Waals surface area contributed by atoms with Crippen molar-refractivity contribution in [2.75, 3.05) is 26.7 Å². The van der Waals surface area contributed by atoms with E-state index in [1.807, 2.05) is 19.2 Å². The molecule has 1 unspecified atom stereocenters. The number of likely N-dealkylation sites (tertiary alicyclic amines) is 2. The van der Waals surface area contributed by atoms with Crippen LogP contribution in [0.25, 0.3) is 11.0 Å². The molecule has 2 aromatic heterocycles. The predicted molar refractivity (Wildman–Crippen MR) is 160 cm³/mol. The Hall–Kier alpha value is -4.02. The number of imidazole rings is 1. The van der Waals surface area contributed by atoms with Crippen molar-refractivity contribution in [1.82, 2.24) is 24.3 Å². The summed E-state index contributed by atoms with van der Waals surface area (Å²) >= 11 is 5.85. The minimum Gasteiger partial charge on any atom is -0.478 e. The van der Waals surface area contributed by atoms with Gasteiger partial charge in [-0.25, -0.2) is 19.2 Å². The molecule has 4 aromatic rings. The Morgan fingerprint density at radius 3 is 2.65 bits per heavy atom. The molecular formula is C32H33ClFN5O4. The summed E-state index contributed by atoms with van der Waals surface area (Å²) in [6.45, 7) is 3.68. The number of carbonyl (C=O) groups excluding carboxylic acids is 1. The fraction of sp³-hybridized carbons (Fsp3) is 0.375. The Kier molecular flexibility index (Phi) is 8.32. The Balaban J connectivity index is 1.13. The summed E-state index contributed by atoms with van der Waals surface area (Å²) in [5, 5.41) is 9.92. The molecule has 0 radical (unpaired) electrons. The van der Waals surface area contributed by atoms with Gasteiger partial charge in [0.25, 0.3) is 0 Å². The number of fused-ring (bicyclic) bond motifs is 1. The van der Waals surface area contributed by atoms with Crippen molar-refractivity contribution >= 4 is 34.5 Å². The number of carboxylic acid groups (broad SMARTS) is 1. The lowest BCUT2D eigenvalue weighted by molar-refractivity contribution is -0.126. The number of pyridine rings is 1. The van der Waals surface area contributed by atoms with Crippen LogP contribution in [-0.4, -0.2) is 68.0 Å². The standard InChI is InChI=1S/C32H33ClFN5O4/c1-37-16-20(13-31(37)40)17-39-28-14-22(32(41)42)6-8-27(28)35-29(39)18-38-11-9-21(10-12-38)26-3-2-4-30(36-26)43-19-23-5-7-24(33)15-25(23)34/h2-8,14-15,20-21H,9-13,16-19H2,1H3,(H,41,42). The molecule has 1 amide bonds. The normalized spacial score (nSPS) is 18.1. The van der Waals surface area contributed by atoms with Crippen LogP contribution >= 0.6 is 11.6 Å². The van der Waals surface area contributed by atoms with Crippen LogP contribution in [0, 0.1) is 11.7 Å². The summed E-state index contributed by atoms with van der Waals surface area (Å²) in [4.78, 5) is 37.6. The van der Waals surface area contributed by atoms with E-state index in [9.17, 15) is 19.1 Å². The van der Waals surface area contributed by atoms with Crippen LogP contribution in [0.5, 0.6) is 5.88 Å². The molecule has 224 valence electrons. The van der Waals surface area contributed by atoms with E-state index in [0.717, 1.165) is 48.5 Å². The van der Waals surface area contributed by atoms with Crippen LogP contribution in [0.15, 0.2) is 54.6 Å². The largest absolute Gasteiger partial charge is 0.478 e. The molecule has 0 aliphatic carbocycles. The van der Waals surface area contributed by atoms with E-state index in [2.05, 4.69) is 9.47 Å². The van der Waals surface area contributed by atoms with E-state index < -0.39 is 11.8 Å². The first kappa shape index (κ1) is 29.1. The maximum Gasteiger partial charge on any atom is 0.335 e. The highest BCUT2D eigenvalue weighted by molar-refractivity contribution is 6.30. The number of nitrogens with zero attached hydrogens (tertiary/aromatic N) is 5. The van der Waals surface area contributed by atoms with Gasteiger partial charge in [0.05, 0.1) is 23.1 Å². The van der Waals surface area contributed by atoms with Gasteiger partial charge < -0.3 is 19.3 Å². The van der Waals surface area contributed by atoms with Crippen LogP contribution in [-0.2, 0) is 24.5 Å². The van der Waals surface area contributed by atoms with Gasteiger partial charge in [-0.2, -0.15) is 0 Å². The number of carboxylic acids is 1. The van der Waals surface area contributed by atoms with Crippen molar-refractivity contribution in [3.05, 3.63) is 88.1 Å². The summed E-state index contributed by atoms with van der Waals surface area (Å²) < 4.78 is 22.1. The second-order valence-electron chi connectivity index (χ2n) is 11.5. The average molecular weight is 606 g/mol. The van der Waals surface area contributed by atoms with Crippen LogP contribution in [0.3, 0.4) is 0 Å². The molecule has 0 bridgehead atoms. The van der Waals surface area contributed by atoms with Crippen molar-refractivity contribution in [3.8, 4) is 5.88 Å². The quantitative estimate of drug-likeness (QED) is 0.274. The molecule has 1 N–H and O–H groups in total. The zero-order valence-electron chi connectivity index (χ0n) is 23.9. The molecule has 43 heavy (non-hydrogen) atoms. The summed E-state index contributed by atoms with van der Waals surface area (Å²) in [5.74, 6) is 0.490. The highest BCUT2D eigenvalue weighted by atomic mass is 35.5. The number of benzene rings is 2. The number of rotatable bonds is 9. The van der Waals surface area contributed by atoms with E-state index >= 15 is 0 Å². The molecule has 0 saturated carbocycles. The van der Waals surface area contributed by atoms with E-state index in [1.165, 1.54) is 6.07 Å². The van der Waals surface area contributed by atoms with E-state index in [1.54, 1.807) is 41.3 Å². The number of hydrogen-bond donors (Lipinski definition) is 1. The third kappa shape index (κ3) is 6.50. The molecule has 1 atom stereocenters. The molecule has 2 aliphatic rings. The Morgan fingerprint density at radius 1 is 1.12 bits per heavy atom. The maximum atomic E-state index is 14.1. The fourth-order valence-electron chi connectivity index (χ4n) is 6.08. The topological polar surface area (TPSA) is 101 Å². The number of carbonyl (C=O) groups is 2. The molecule has 11 heteroatoms. The summed E-state index contributed by atoms with van der Waals surface area (Å²) in [6, 6.07) is 15.3. The first-order valence-electron chi connectivity index (χ1n) is 14.5. The van der Waals surface area contributed by atoms with Gasteiger partial charge in [0.15, 0.2) is 0 Å². The van der Waals surface area contributed by atoms with Crippen molar-refractivity contribution in [1.29, 1.82) is 0 Å². The Bertz CT molecular complexity index is 1670. The van der Waals surface area contributed by atoms with Crippen LogP contribution in [0.4, 0.5) is 4.39 Å². The molecule has 4 heterocycles. The number of hydrogen-bond acceptors (Lipinski definition) is 6. The van der Waals surface area contributed by atoms with Gasteiger partial charge in [-0.15, -0.1) is 0 Å². The number of aromatic nitrogens is 3. The summed E-state index contributed by atoms with van der Waals surface area (Å²) in [5.41, 5.74) is 3.13. The van der Waals surface area contributed by atoms with Crippen LogP contribution in [0.2, 0.25) is 5.02 Å². The second kappa shape index (κ2) is 12.3. The molecule has 2 aromatic carbocycles. The average Bonchev–Trinajstić information content (AvgIpc) is 3.50. The lowest BCUT2D eigenvalue weighted by Crippen LogP contribution is -2.34. The van der Waals surface area contributed by atoms with Crippen molar-refractivity contribution in [2.45, 2.75) is 44.9 Å². The third-order valence-corrected chi connectivity index (χ3v) is 8.68. The smallest absolute Gasteiger partial charge is 0.335 e. The Labute approximate surface area is 253 Å². The van der Waals surface area contributed by atoms with Crippen molar-refractivity contribution in [3.63, 3.8) is 0 Å². The number of halogens is 2. The number of ether oxygens (including phenoxy) is 1. The van der Waals surface area contributed by atoms with Gasteiger partial charge in [-0.05, 0) is 62.3 Å². The van der Waals surface area contributed by atoms with Crippen LogP contribution in [0.1, 0.15) is 52.6 Å². The van der Waals surface area contributed by atoms with Gasteiger partial charge in [-0.3, -0.25) is 9.69 Å². The summed E-state index contributed by atoms with van der Waals surface area (Å²) in [7, 11) is 1.82. The van der Waals surface area contributed by atoms with Gasteiger partial charge >= 0.3 is 5.97 Å². The maximum absolute atomic E-state index is 14.1. The van der Waals surface area contributed by atoms with E-state index in [-0.39, 0.29) is 29.9 Å². The third-order valence-electron chi connectivity index (χ3n) is 8.44. The first-order valence-corrected chi connectivity index (χ1v) is 14.8. The first-order chi connectivity index (χ1) is 20.7. The molecule has 9 nitrogen and oxygen atoms in total. The minimum atomic E-state index is -0.978. The predicted octanol–water partition coefficient (Wildman–Crippen LogP) is 5.36. The molecule has 2 aliphatic heterocycles. The van der Waals surface area contributed by atoms with Crippen molar-refractivity contribution in [2.24, 2.45) is 5.92 Å².